The van der Waals surface area contributed by atoms with Crippen molar-refractivity contribution < 1.29 is 18.0 Å². The molecule has 0 bridgehead atoms. The van der Waals surface area contributed by atoms with Gasteiger partial charge < -0.3 is 4.90 Å². The van der Waals surface area contributed by atoms with Crippen molar-refractivity contribution in [3.05, 3.63) is 57.9 Å². The van der Waals surface area contributed by atoms with Gasteiger partial charge in [0.05, 0.1) is 17.0 Å². The molecule has 0 aliphatic carbocycles. The molecule has 1 fully saturated rings. The Morgan fingerprint density at radius 3 is 2.47 bits per heavy atom. The third-order valence-electron chi connectivity index (χ3n) is 5.48. The fraction of sp³-hybridized carbons (Fsp3) is 0.333. The van der Waals surface area contributed by atoms with E-state index in [4.69, 9.17) is 5.14 Å². The first-order chi connectivity index (χ1) is 14.3. The van der Waals surface area contributed by atoms with Crippen LogP contribution in [0, 0.1) is 5.92 Å². The number of rotatable bonds is 5. The molecule has 4 rings (SSSR count). The Morgan fingerprint density at radius 1 is 1.13 bits per heavy atom. The Hall–Kier alpha value is -2.49. The van der Waals surface area contributed by atoms with Crippen LogP contribution in [-0.4, -0.2) is 43.1 Å². The molecule has 2 amide bonds. The molecule has 9 heteroatoms. The quantitative estimate of drug-likeness (QED) is 0.713. The Labute approximate surface area is 179 Å². The number of carbonyl (C=O) groups is 2. The Kier molecular flexibility index (Phi) is 5.52. The highest BCUT2D eigenvalue weighted by Gasteiger charge is 2.42. The van der Waals surface area contributed by atoms with E-state index in [1.165, 1.54) is 28.4 Å². The molecule has 0 spiro atoms. The zero-order valence-electron chi connectivity index (χ0n) is 16.6. The summed E-state index contributed by atoms with van der Waals surface area (Å²) in [4.78, 5) is 30.7. The lowest BCUT2D eigenvalue weighted by Gasteiger charge is -2.33. The van der Waals surface area contributed by atoms with Crippen LogP contribution in [0.1, 0.15) is 30.2 Å². The summed E-state index contributed by atoms with van der Waals surface area (Å²) in [6, 6.07) is 9.66. The highest BCUT2D eigenvalue weighted by Crippen LogP contribution is 2.36. The molecule has 2 N–H and O–H groups in total. The van der Waals surface area contributed by atoms with Gasteiger partial charge in [-0.25, -0.2) is 13.6 Å². The molecule has 1 aromatic carbocycles. The zero-order valence-corrected chi connectivity index (χ0v) is 18.2. The van der Waals surface area contributed by atoms with Gasteiger partial charge >= 0.3 is 0 Å². The summed E-state index contributed by atoms with van der Waals surface area (Å²) in [5.41, 5.74) is 1.60. The molecule has 0 saturated carbocycles. The van der Waals surface area contributed by atoms with Gasteiger partial charge in [0.25, 0.3) is 11.8 Å². The monoisotopic (exact) mass is 445 g/mol. The van der Waals surface area contributed by atoms with Gasteiger partial charge in [0, 0.05) is 18.0 Å². The molecule has 1 aromatic heterocycles. The van der Waals surface area contributed by atoms with Crippen LogP contribution in [0.15, 0.2) is 52.4 Å². The summed E-state index contributed by atoms with van der Waals surface area (Å²) in [5, 5.41) is 7.04. The smallest absolute Gasteiger partial charge is 0.278 e. The average molecular weight is 446 g/mol. The zero-order chi connectivity index (χ0) is 21.5. The minimum absolute atomic E-state index is 0.00859. The van der Waals surface area contributed by atoms with Gasteiger partial charge in [-0.2, -0.15) is 0 Å². The largest absolute Gasteiger partial charge is 0.366 e. The summed E-state index contributed by atoms with van der Waals surface area (Å²) >= 11 is 1.44. The topological polar surface area (TPSA) is 101 Å². The van der Waals surface area contributed by atoms with E-state index in [9.17, 15) is 18.0 Å². The fourth-order valence-electron chi connectivity index (χ4n) is 4.00. The number of thiophene rings is 1. The molecule has 158 valence electrons. The van der Waals surface area contributed by atoms with Crippen molar-refractivity contribution in [2.75, 3.05) is 13.1 Å². The van der Waals surface area contributed by atoms with Crippen LogP contribution < -0.4 is 5.14 Å². The third-order valence-corrected chi connectivity index (χ3v) is 7.29. The number of benzene rings is 1. The second-order valence-corrected chi connectivity index (χ2v) is 10.3. The number of hydrogen-bond acceptors (Lipinski definition) is 6. The molecule has 1 unspecified atom stereocenters. The minimum Gasteiger partial charge on any atom is -0.366 e. The molecular weight excluding hydrogens is 422 g/mol. The van der Waals surface area contributed by atoms with Crippen LogP contribution in [-0.2, 0) is 26.2 Å². The van der Waals surface area contributed by atoms with Crippen LogP contribution in [0.5, 0.6) is 0 Å². The molecule has 3 heterocycles. The molecule has 1 saturated heterocycles. The maximum absolute atomic E-state index is 13.4. The van der Waals surface area contributed by atoms with Gasteiger partial charge in [0.15, 0.2) is 0 Å². The van der Waals surface area contributed by atoms with Gasteiger partial charge in [0.1, 0.15) is 5.70 Å². The Morgan fingerprint density at radius 2 is 1.87 bits per heavy atom. The highest BCUT2D eigenvalue weighted by atomic mass is 32.2. The van der Waals surface area contributed by atoms with Gasteiger partial charge in [-0.1, -0.05) is 25.1 Å². The van der Waals surface area contributed by atoms with E-state index in [1.807, 2.05) is 22.4 Å². The van der Waals surface area contributed by atoms with E-state index < -0.39 is 10.0 Å². The van der Waals surface area contributed by atoms with Crippen LogP contribution in [0.2, 0.25) is 0 Å². The Balaban J connectivity index is 1.66. The number of nitrogens with zero attached hydrogens (tertiary/aromatic N) is 2. The number of hydrogen-bond donors (Lipinski definition) is 1. The maximum Gasteiger partial charge on any atom is 0.278 e. The number of primary sulfonamides is 1. The lowest BCUT2D eigenvalue weighted by Crippen LogP contribution is -2.39. The maximum atomic E-state index is 13.4. The number of amides is 2. The second kappa shape index (κ2) is 7.98. The second-order valence-electron chi connectivity index (χ2n) is 7.78. The van der Waals surface area contributed by atoms with Crippen molar-refractivity contribution >= 4 is 38.7 Å². The first-order valence-corrected chi connectivity index (χ1v) is 12.2. The number of imide groups is 1. The molecule has 2 aliphatic heterocycles. The molecule has 2 aliphatic rings. The van der Waals surface area contributed by atoms with Crippen molar-refractivity contribution in [3.63, 3.8) is 0 Å². The van der Waals surface area contributed by atoms with Crippen molar-refractivity contribution in [1.82, 2.24) is 9.80 Å². The number of nitrogens with two attached hydrogens (primary N) is 1. The van der Waals surface area contributed by atoms with Gasteiger partial charge in [0.2, 0.25) is 10.0 Å². The summed E-state index contributed by atoms with van der Waals surface area (Å²) < 4.78 is 22.9. The molecule has 2 aromatic rings. The summed E-state index contributed by atoms with van der Waals surface area (Å²) in [6.45, 7) is 3.73. The van der Waals surface area contributed by atoms with Gasteiger partial charge in [-0.05, 0) is 47.9 Å². The Bertz CT molecular complexity index is 1110. The SMILES string of the molecule is CC1CCCN(C2=C(c3cccs3)C(=O)N(Cc3ccc(S(N)(=O)=O)cc3)C2=O)C1. The van der Waals surface area contributed by atoms with E-state index >= 15 is 0 Å². The fourth-order valence-corrected chi connectivity index (χ4v) is 5.28. The molecule has 7 nitrogen and oxygen atoms in total. The predicted molar refractivity (Wildman–Crippen MR) is 115 cm³/mol. The molecule has 1 atom stereocenters. The van der Waals surface area contributed by atoms with Crippen LogP contribution >= 0.6 is 11.3 Å². The van der Waals surface area contributed by atoms with E-state index in [0.717, 1.165) is 30.8 Å². The molecule has 0 radical (unpaired) electrons. The first kappa shape index (κ1) is 20.8. The van der Waals surface area contributed by atoms with Crippen LogP contribution in [0.25, 0.3) is 5.57 Å². The summed E-state index contributed by atoms with van der Waals surface area (Å²) in [7, 11) is -3.80. The van der Waals surface area contributed by atoms with Crippen molar-refractivity contribution in [2.45, 2.75) is 31.2 Å². The number of carbonyl (C=O) groups excluding carboxylic acids is 2. The average Bonchev–Trinajstić information content (AvgIpc) is 3.30. The standard InChI is InChI=1S/C21H23N3O4S2/c1-14-4-2-10-23(12-14)19-18(17-5-3-11-29-17)20(25)24(21(19)26)13-15-6-8-16(9-7-15)30(22,27)28/h3,5-9,11,14H,2,4,10,12-13H2,1H3,(H2,22,27,28). The highest BCUT2D eigenvalue weighted by molar-refractivity contribution is 7.89. The molecule has 30 heavy (non-hydrogen) atoms. The van der Waals surface area contributed by atoms with E-state index in [1.54, 1.807) is 12.1 Å². The number of sulfonamides is 1. The van der Waals surface area contributed by atoms with Crippen LogP contribution in [0.3, 0.4) is 0 Å². The van der Waals surface area contributed by atoms with Crippen LogP contribution in [0.4, 0.5) is 0 Å². The minimum atomic E-state index is -3.80. The molecular formula is C21H23N3O4S2. The number of likely N-dealkylation sites (tertiary alicyclic amines) is 1. The first-order valence-electron chi connectivity index (χ1n) is 9.76. The lowest BCUT2D eigenvalue weighted by molar-refractivity contribution is -0.138. The summed E-state index contributed by atoms with van der Waals surface area (Å²) in [6.07, 6.45) is 2.10. The lowest BCUT2D eigenvalue weighted by atomic mass is 9.99. The summed E-state index contributed by atoms with van der Waals surface area (Å²) in [5.74, 6) is -0.155. The number of piperidine rings is 1. The van der Waals surface area contributed by atoms with Crippen molar-refractivity contribution in [1.29, 1.82) is 0 Å². The van der Waals surface area contributed by atoms with Crippen molar-refractivity contribution in [3.8, 4) is 0 Å². The van der Waals surface area contributed by atoms with Crippen molar-refractivity contribution in [2.24, 2.45) is 11.1 Å². The normalized spacial score (nSPS) is 20.4. The van der Waals surface area contributed by atoms with E-state index in [0.29, 0.717) is 22.8 Å². The predicted octanol–water partition coefficient (Wildman–Crippen LogP) is 2.41. The van der Waals surface area contributed by atoms with E-state index in [-0.39, 0.29) is 23.3 Å². The van der Waals surface area contributed by atoms with E-state index in [2.05, 4.69) is 6.92 Å². The van der Waals surface area contributed by atoms with Gasteiger partial charge in [-0.15, -0.1) is 11.3 Å². The van der Waals surface area contributed by atoms with Gasteiger partial charge in [-0.3, -0.25) is 14.5 Å². The third kappa shape index (κ3) is 3.92.